The molecule has 0 radical (unpaired) electrons. The highest BCUT2D eigenvalue weighted by molar-refractivity contribution is 5.15. The Morgan fingerprint density at radius 2 is 1.84 bits per heavy atom. The zero-order chi connectivity index (χ0) is 12.9. The smallest absolute Gasteiger partial charge is 0.0670 e. The van der Waals surface area contributed by atoms with Crippen LogP contribution in [0.15, 0.2) is 24.5 Å². The Bertz CT molecular complexity index is 459. The van der Waals surface area contributed by atoms with Gasteiger partial charge in [0.1, 0.15) is 0 Å². The second-order valence-electron chi connectivity index (χ2n) is 7.17. The van der Waals surface area contributed by atoms with Gasteiger partial charge in [-0.1, -0.05) is 0 Å². The van der Waals surface area contributed by atoms with E-state index >= 15 is 0 Å². The number of aliphatic hydroxyl groups is 1. The normalized spacial score (nSPS) is 43.6. The average molecular weight is 258 g/mol. The Morgan fingerprint density at radius 1 is 1.16 bits per heavy atom. The molecule has 4 aliphatic carbocycles. The van der Waals surface area contributed by atoms with E-state index in [-0.39, 0.29) is 11.1 Å². The minimum atomic E-state index is -0.366. The topological polar surface area (TPSA) is 45.1 Å². The van der Waals surface area contributed by atoms with Crippen molar-refractivity contribution in [3.63, 3.8) is 0 Å². The summed E-state index contributed by atoms with van der Waals surface area (Å²) in [5.74, 6) is 1.49. The highest BCUT2D eigenvalue weighted by Gasteiger charge is 2.56. The first-order valence-corrected chi connectivity index (χ1v) is 7.51. The van der Waals surface area contributed by atoms with E-state index in [9.17, 15) is 5.11 Å². The van der Waals surface area contributed by atoms with Crippen molar-refractivity contribution in [2.24, 2.45) is 11.8 Å². The number of pyridine rings is 1. The van der Waals surface area contributed by atoms with Crippen molar-refractivity contribution in [2.45, 2.75) is 56.2 Å². The molecule has 3 nitrogen and oxygen atoms in total. The third-order valence-electron chi connectivity index (χ3n) is 5.45. The van der Waals surface area contributed by atoms with E-state index in [4.69, 9.17) is 0 Å². The summed E-state index contributed by atoms with van der Waals surface area (Å²) in [5, 5.41) is 14.5. The van der Waals surface area contributed by atoms with Crippen LogP contribution in [0.3, 0.4) is 0 Å². The lowest BCUT2D eigenvalue weighted by molar-refractivity contribution is -0.142. The molecule has 4 atom stereocenters. The van der Waals surface area contributed by atoms with Gasteiger partial charge in [0, 0.05) is 24.5 Å². The van der Waals surface area contributed by atoms with Gasteiger partial charge < -0.3 is 10.4 Å². The van der Waals surface area contributed by atoms with Crippen LogP contribution in [0.4, 0.5) is 0 Å². The molecule has 0 spiro atoms. The summed E-state index contributed by atoms with van der Waals surface area (Å²) < 4.78 is 0. The monoisotopic (exact) mass is 258 g/mol. The number of aromatic nitrogens is 1. The Kier molecular flexibility index (Phi) is 2.52. The van der Waals surface area contributed by atoms with Crippen molar-refractivity contribution in [1.82, 2.24) is 10.3 Å². The van der Waals surface area contributed by atoms with Crippen molar-refractivity contribution in [3.8, 4) is 0 Å². The van der Waals surface area contributed by atoms with E-state index in [1.165, 1.54) is 24.8 Å². The maximum absolute atomic E-state index is 10.7. The van der Waals surface area contributed by atoms with Crippen LogP contribution >= 0.6 is 0 Å². The fourth-order valence-electron chi connectivity index (χ4n) is 5.21. The molecule has 102 valence electrons. The number of hydrogen-bond acceptors (Lipinski definition) is 3. The summed E-state index contributed by atoms with van der Waals surface area (Å²) in [7, 11) is 0. The molecule has 4 saturated carbocycles. The lowest BCUT2D eigenvalue weighted by Gasteiger charge is -2.60. The predicted molar refractivity (Wildman–Crippen MR) is 73.4 cm³/mol. The first kappa shape index (κ1) is 11.9. The van der Waals surface area contributed by atoms with Crippen molar-refractivity contribution in [3.05, 3.63) is 30.1 Å². The maximum atomic E-state index is 10.7. The Labute approximate surface area is 114 Å². The molecule has 1 heterocycles. The van der Waals surface area contributed by atoms with E-state index in [0.717, 1.165) is 37.6 Å². The minimum absolute atomic E-state index is 0.197. The quantitative estimate of drug-likeness (QED) is 0.874. The van der Waals surface area contributed by atoms with E-state index < -0.39 is 0 Å². The molecule has 1 aromatic rings. The highest BCUT2D eigenvalue weighted by atomic mass is 16.3. The molecule has 4 aliphatic rings. The maximum Gasteiger partial charge on any atom is 0.0670 e. The van der Waals surface area contributed by atoms with Crippen LogP contribution in [0, 0.1) is 11.8 Å². The fraction of sp³-hybridized carbons (Fsp3) is 0.688. The van der Waals surface area contributed by atoms with Crippen LogP contribution < -0.4 is 5.32 Å². The van der Waals surface area contributed by atoms with Gasteiger partial charge in [0.2, 0.25) is 0 Å². The summed E-state index contributed by atoms with van der Waals surface area (Å²) in [6.45, 7) is 0.901. The van der Waals surface area contributed by atoms with Gasteiger partial charge in [-0.3, -0.25) is 4.98 Å². The largest absolute Gasteiger partial charge is 0.390 e. The summed E-state index contributed by atoms with van der Waals surface area (Å²) in [4.78, 5) is 4.06. The molecule has 2 N–H and O–H groups in total. The molecule has 4 bridgehead atoms. The van der Waals surface area contributed by atoms with Crippen LogP contribution in [0.25, 0.3) is 0 Å². The van der Waals surface area contributed by atoms with Crippen molar-refractivity contribution in [2.75, 3.05) is 0 Å². The molecule has 0 aliphatic heterocycles. The molecule has 3 heteroatoms. The van der Waals surface area contributed by atoms with Crippen molar-refractivity contribution >= 4 is 0 Å². The van der Waals surface area contributed by atoms with Crippen molar-refractivity contribution < 1.29 is 5.11 Å². The lowest BCUT2D eigenvalue weighted by Crippen LogP contribution is -2.64. The van der Waals surface area contributed by atoms with Gasteiger partial charge in [-0.25, -0.2) is 0 Å². The lowest BCUT2D eigenvalue weighted by atomic mass is 9.51. The third kappa shape index (κ3) is 2.09. The van der Waals surface area contributed by atoms with Gasteiger partial charge in [-0.15, -0.1) is 0 Å². The Hall–Kier alpha value is -0.930. The Morgan fingerprint density at radius 3 is 2.47 bits per heavy atom. The summed E-state index contributed by atoms with van der Waals surface area (Å²) in [6, 6.07) is 4.14. The van der Waals surface area contributed by atoms with Gasteiger partial charge in [-0.2, -0.15) is 0 Å². The SMILES string of the molecule is OC12C[C@H]3C[C@@H](C1)CC(NCc1ccncc1)(C3)C2. The number of hydrogen-bond donors (Lipinski definition) is 2. The molecule has 4 fully saturated rings. The number of rotatable bonds is 3. The van der Waals surface area contributed by atoms with Gasteiger partial charge in [-0.05, 0) is 68.1 Å². The summed E-state index contributed by atoms with van der Waals surface area (Å²) in [5.41, 5.74) is 1.12. The molecule has 5 rings (SSSR count). The molecule has 0 saturated heterocycles. The third-order valence-corrected chi connectivity index (χ3v) is 5.45. The van der Waals surface area contributed by atoms with Crippen LogP contribution in [-0.2, 0) is 6.54 Å². The number of nitrogens with one attached hydrogen (secondary N) is 1. The fourth-order valence-corrected chi connectivity index (χ4v) is 5.21. The number of nitrogens with zero attached hydrogens (tertiary/aromatic N) is 1. The molecular formula is C16H22N2O. The van der Waals surface area contributed by atoms with E-state index in [2.05, 4.69) is 22.4 Å². The minimum Gasteiger partial charge on any atom is -0.390 e. The summed E-state index contributed by atoms with van der Waals surface area (Å²) >= 11 is 0. The first-order valence-electron chi connectivity index (χ1n) is 7.51. The van der Waals surface area contributed by atoms with Crippen LogP contribution in [0.5, 0.6) is 0 Å². The molecule has 19 heavy (non-hydrogen) atoms. The van der Waals surface area contributed by atoms with Crippen LogP contribution in [0.2, 0.25) is 0 Å². The zero-order valence-corrected chi connectivity index (χ0v) is 11.3. The standard InChI is InChI=1S/C16H22N2O/c19-16-8-13-5-14(9-16)7-15(6-13,11-16)18-10-12-1-3-17-4-2-12/h1-4,13-14,18-19H,5-11H2/t13-,14+,15?,16?. The van der Waals surface area contributed by atoms with E-state index in [1.54, 1.807) is 0 Å². The van der Waals surface area contributed by atoms with Crippen LogP contribution in [0.1, 0.15) is 44.1 Å². The molecule has 0 aromatic carbocycles. The molecule has 2 unspecified atom stereocenters. The average Bonchev–Trinajstić information content (AvgIpc) is 2.35. The van der Waals surface area contributed by atoms with Crippen LogP contribution in [-0.4, -0.2) is 21.2 Å². The molecule has 1 aromatic heterocycles. The summed E-state index contributed by atoms with van der Waals surface area (Å²) in [6.07, 6.45) is 10.6. The zero-order valence-electron chi connectivity index (χ0n) is 11.3. The van der Waals surface area contributed by atoms with Gasteiger partial charge in [0.15, 0.2) is 0 Å². The van der Waals surface area contributed by atoms with Gasteiger partial charge >= 0.3 is 0 Å². The second-order valence-corrected chi connectivity index (χ2v) is 7.17. The van der Waals surface area contributed by atoms with Gasteiger partial charge in [0.25, 0.3) is 0 Å². The Balaban J connectivity index is 1.51. The van der Waals surface area contributed by atoms with Gasteiger partial charge in [0.05, 0.1) is 5.60 Å². The second kappa shape index (κ2) is 4.03. The molecular weight excluding hydrogens is 236 g/mol. The van der Waals surface area contributed by atoms with E-state index in [0.29, 0.717) is 0 Å². The first-order chi connectivity index (χ1) is 9.15. The molecule has 0 amide bonds. The highest BCUT2D eigenvalue weighted by Crippen LogP contribution is 2.57. The van der Waals surface area contributed by atoms with Crippen molar-refractivity contribution in [1.29, 1.82) is 0 Å². The predicted octanol–water partition coefficient (Wildman–Crippen LogP) is 2.25. The van der Waals surface area contributed by atoms with E-state index in [1.807, 2.05) is 12.4 Å².